The zero-order valence-corrected chi connectivity index (χ0v) is 10.7. The first-order chi connectivity index (χ1) is 7.59. The third kappa shape index (κ3) is 3.65. The van der Waals surface area contributed by atoms with Crippen LogP contribution in [0.2, 0.25) is 0 Å². The Labute approximate surface area is 107 Å². The van der Waals surface area contributed by atoms with Crippen LogP contribution in [0.1, 0.15) is 31.7 Å². The van der Waals surface area contributed by atoms with Crippen LogP contribution in [-0.2, 0) is 6.54 Å². The summed E-state index contributed by atoms with van der Waals surface area (Å²) < 4.78 is 25.9. The highest BCUT2D eigenvalue weighted by atomic mass is 35.5. The Balaban J connectivity index is 0.00000144. The summed E-state index contributed by atoms with van der Waals surface area (Å²) in [7, 11) is 0. The standard InChI is InChI=1S/C13H17F2N.ClH/c1-13(5-2-6-13)9-16-8-10-3-4-11(14)7-12(10)15;/h3-4,7,16H,2,5-6,8-9H2,1H3;1H. The molecule has 0 unspecified atom stereocenters. The lowest BCUT2D eigenvalue weighted by molar-refractivity contribution is 0.156. The van der Waals surface area contributed by atoms with Crippen LogP contribution in [0.15, 0.2) is 18.2 Å². The molecule has 0 atom stereocenters. The second kappa shape index (κ2) is 5.78. The smallest absolute Gasteiger partial charge is 0.130 e. The van der Waals surface area contributed by atoms with Gasteiger partial charge in [0.15, 0.2) is 0 Å². The van der Waals surface area contributed by atoms with Gasteiger partial charge in [-0.3, -0.25) is 0 Å². The molecule has 1 saturated carbocycles. The predicted octanol–water partition coefficient (Wildman–Crippen LogP) is 3.67. The van der Waals surface area contributed by atoms with Gasteiger partial charge in [-0.05, 0) is 24.3 Å². The Bertz CT molecular complexity index is 378. The van der Waals surface area contributed by atoms with Gasteiger partial charge in [0.1, 0.15) is 11.6 Å². The minimum absolute atomic E-state index is 0. The van der Waals surface area contributed by atoms with E-state index >= 15 is 0 Å². The summed E-state index contributed by atoms with van der Waals surface area (Å²) in [6.45, 7) is 3.62. The van der Waals surface area contributed by atoms with Gasteiger partial charge in [0.2, 0.25) is 0 Å². The van der Waals surface area contributed by atoms with Crippen LogP contribution in [0, 0.1) is 17.0 Å². The molecule has 1 N–H and O–H groups in total. The maximum Gasteiger partial charge on any atom is 0.130 e. The fraction of sp³-hybridized carbons (Fsp3) is 0.538. The van der Waals surface area contributed by atoms with Crippen LogP contribution in [0.25, 0.3) is 0 Å². The first-order valence-electron chi connectivity index (χ1n) is 5.74. The second-order valence-electron chi connectivity index (χ2n) is 5.00. The normalized spacial score (nSPS) is 17.1. The topological polar surface area (TPSA) is 12.0 Å². The molecule has 1 nitrogen and oxygen atoms in total. The second-order valence-corrected chi connectivity index (χ2v) is 5.00. The zero-order chi connectivity index (χ0) is 11.6. The van der Waals surface area contributed by atoms with Crippen LogP contribution in [-0.4, -0.2) is 6.54 Å². The van der Waals surface area contributed by atoms with Crippen molar-refractivity contribution < 1.29 is 8.78 Å². The van der Waals surface area contributed by atoms with Crippen molar-refractivity contribution in [1.29, 1.82) is 0 Å². The third-order valence-corrected chi connectivity index (χ3v) is 3.44. The van der Waals surface area contributed by atoms with E-state index in [1.54, 1.807) is 0 Å². The number of hydrogen-bond acceptors (Lipinski definition) is 1. The summed E-state index contributed by atoms with van der Waals surface area (Å²) in [6, 6.07) is 3.73. The van der Waals surface area contributed by atoms with Gasteiger partial charge in [0.25, 0.3) is 0 Å². The lowest BCUT2D eigenvalue weighted by Crippen LogP contribution is -2.37. The van der Waals surface area contributed by atoms with Crippen molar-refractivity contribution in [1.82, 2.24) is 5.32 Å². The van der Waals surface area contributed by atoms with Gasteiger partial charge in [0, 0.05) is 24.7 Å². The van der Waals surface area contributed by atoms with E-state index in [0.717, 1.165) is 12.6 Å². The van der Waals surface area contributed by atoms with Gasteiger partial charge in [-0.2, -0.15) is 0 Å². The predicted molar refractivity (Wildman–Crippen MR) is 67.3 cm³/mol. The summed E-state index contributed by atoms with van der Waals surface area (Å²) in [5, 5.41) is 3.24. The first kappa shape index (κ1) is 14.4. The molecule has 0 aromatic heterocycles. The quantitative estimate of drug-likeness (QED) is 0.872. The summed E-state index contributed by atoms with van der Waals surface area (Å²) >= 11 is 0. The largest absolute Gasteiger partial charge is 0.312 e. The molecule has 0 amide bonds. The average Bonchev–Trinajstić information content (AvgIpc) is 2.19. The number of benzene rings is 1. The molecule has 0 spiro atoms. The minimum atomic E-state index is -0.521. The maximum atomic E-state index is 13.3. The highest BCUT2D eigenvalue weighted by Gasteiger charge is 2.30. The van der Waals surface area contributed by atoms with Gasteiger partial charge in [-0.25, -0.2) is 8.78 Å². The van der Waals surface area contributed by atoms with Crippen molar-refractivity contribution in [2.75, 3.05) is 6.54 Å². The van der Waals surface area contributed by atoms with Crippen LogP contribution in [0.5, 0.6) is 0 Å². The molecule has 0 radical (unpaired) electrons. The summed E-state index contributed by atoms with van der Waals surface area (Å²) in [4.78, 5) is 0. The van der Waals surface area contributed by atoms with Crippen molar-refractivity contribution in [3.8, 4) is 0 Å². The van der Waals surface area contributed by atoms with E-state index in [9.17, 15) is 8.78 Å². The molecule has 0 saturated heterocycles. The van der Waals surface area contributed by atoms with Crippen molar-refractivity contribution in [2.45, 2.75) is 32.7 Å². The molecular formula is C13H18ClF2N. The highest BCUT2D eigenvalue weighted by Crippen LogP contribution is 2.39. The fourth-order valence-corrected chi connectivity index (χ4v) is 2.12. The minimum Gasteiger partial charge on any atom is -0.312 e. The molecule has 0 heterocycles. The lowest BCUT2D eigenvalue weighted by Gasteiger charge is -2.38. The molecule has 96 valence electrons. The maximum absolute atomic E-state index is 13.3. The number of rotatable bonds is 4. The van der Waals surface area contributed by atoms with Crippen molar-refractivity contribution in [3.05, 3.63) is 35.4 Å². The molecule has 0 aliphatic heterocycles. The Morgan fingerprint density at radius 3 is 2.53 bits per heavy atom. The van der Waals surface area contributed by atoms with E-state index in [2.05, 4.69) is 12.2 Å². The van der Waals surface area contributed by atoms with Gasteiger partial charge < -0.3 is 5.32 Å². The molecule has 17 heavy (non-hydrogen) atoms. The molecule has 1 aliphatic rings. The molecule has 1 aliphatic carbocycles. The SMILES string of the molecule is CC1(CNCc2ccc(F)cc2F)CCC1.Cl. The van der Waals surface area contributed by atoms with Gasteiger partial charge in [-0.15, -0.1) is 12.4 Å². The van der Waals surface area contributed by atoms with Gasteiger partial charge in [0.05, 0.1) is 0 Å². The van der Waals surface area contributed by atoms with E-state index < -0.39 is 11.6 Å². The van der Waals surface area contributed by atoms with Crippen LogP contribution < -0.4 is 5.32 Å². The zero-order valence-electron chi connectivity index (χ0n) is 9.93. The highest BCUT2D eigenvalue weighted by molar-refractivity contribution is 5.85. The average molecular weight is 262 g/mol. The van der Waals surface area contributed by atoms with Gasteiger partial charge in [-0.1, -0.05) is 19.4 Å². The number of hydrogen-bond donors (Lipinski definition) is 1. The Hall–Kier alpha value is -0.670. The Morgan fingerprint density at radius 2 is 2.00 bits per heavy atom. The summed E-state index contributed by atoms with van der Waals surface area (Å²) in [6.07, 6.45) is 3.78. The monoisotopic (exact) mass is 261 g/mol. The van der Waals surface area contributed by atoms with Crippen LogP contribution >= 0.6 is 12.4 Å². The molecule has 0 bridgehead atoms. The van der Waals surface area contributed by atoms with E-state index in [0.29, 0.717) is 17.5 Å². The number of halogens is 3. The number of nitrogens with one attached hydrogen (secondary N) is 1. The first-order valence-corrected chi connectivity index (χ1v) is 5.74. The third-order valence-electron chi connectivity index (χ3n) is 3.44. The van der Waals surface area contributed by atoms with E-state index in [1.165, 1.54) is 31.4 Å². The van der Waals surface area contributed by atoms with Crippen molar-refractivity contribution >= 4 is 12.4 Å². The van der Waals surface area contributed by atoms with E-state index in [4.69, 9.17) is 0 Å². The van der Waals surface area contributed by atoms with E-state index in [-0.39, 0.29) is 12.4 Å². The van der Waals surface area contributed by atoms with Crippen LogP contribution in [0.4, 0.5) is 8.78 Å². The van der Waals surface area contributed by atoms with E-state index in [1.807, 2.05) is 0 Å². The lowest BCUT2D eigenvalue weighted by atomic mass is 9.70. The molecule has 2 rings (SSSR count). The Morgan fingerprint density at radius 1 is 1.29 bits per heavy atom. The van der Waals surface area contributed by atoms with Crippen molar-refractivity contribution in [2.24, 2.45) is 5.41 Å². The summed E-state index contributed by atoms with van der Waals surface area (Å²) in [5.74, 6) is -0.988. The molecule has 4 heteroatoms. The summed E-state index contributed by atoms with van der Waals surface area (Å²) in [5.41, 5.74) is 0.917. The molecule has 1 aromatic rings. The van der Waals surface area contributed by atoms with Gasteiger partial charge >= 0.3 is 0 Å². The van der Waals surface area contributed by atoms with Crippen molar-refractivity contribution in [3.63, 3.8) is 0 Å². The fourth-order valence-electron chi connectivity index (χ4n) is 2.12. The molecule has 1 fully saturated rings. The molecular weight excluding hydrogens is 244 g/mol. The van der Waals surface area contributed by atoms with Crippen LogP contribution in [0.3, 0.4) is 0 Å². The molecule has 1 aromatic carbocycles. The Kier molecular flexibility index (Phi) is 4.90.